The molecule has 0 bridgehead atoms. The van der Waals surface area contributed by atoms with Crippen LogP contribution in [0.25, 0.3) is 0 Å². The molecule has 18 heavy (non-hydrogen) atoms. The Kier molecular flexibility index (Phi) is 3.87. The minimum absolute atomic E-state index is 0.0251. The summed E-state index contributed by atoms with van der Waals surface area (Å²) in [6.07, 6.45) is 1.84. The summed E-state index contributed by atoms with van der Waals surface area (Å²) < 4.78 is 37.7. The van der Waals surface area contributed by atoms with Crippen molar-refractivity contribution >= 4 is 44.6 Å². The van der Waals surface area contributed by atoms with E-state index < -0.39 is 21.9 Å². The first-order valence-electron chi connectivity index (χ1n) is 4.99. The Morgan fingerprint density at radius 2 is 2.33 bits per heavy atom. The fourth-order valence-electron chi connectivity index (χ4n) is 1.75. The standard InChI is InChI=1S/C8H10FN3O3S3/c1-16-7-10-8(17-11-7)12-3-5(2-6(12)13)4-18(9,14)15/h5H,2-4H2,1H3. The number of rotatable bonds is 4. The van der Waals surface area contributed by atoms with Gasteiger partial charge in [-0.2, -0.15) is 17.8 Å². The van der Waals surface area contributed by atoms with E-state index in [0.717, 1.165) is 11.5 Å². The summed E-state index contributed by atoms with van der Waals surface area (Å²) >= 11 is 2.43. The van der Waals surface area contributed by atoms with Crippen molar-refractivity contribution in [2.75, 3.05) is 23.5 Å². The molecule has 1 amide bonds. The maximum absolute atomic E-state index is 12.6. The molecule has 2 heterocycles. The number of nitrogens with zero attached hydrogens (tertiary/aromatic N) is 3. The van der Waals surface area contributed by atoms with Gasteiger partial charge in [0, 0.05) is 30.4 Å². The van der Waals surface area contributed by atoms with Gasteiger partial charge >= 0.3 is 10.2 Å². The Morgan fingerprint density at radius 1 is 1.61 bits per heavy atom. The lowest BCUT2D eigenvalue weighted by Crippen LogP contribution is -2.25. The maximum Gasteiger partial charge on any atom is 0.302 e. The summed E-state index contributed by atoms with van der Waals surface area (Å²) in [7, 11) is -4.55. The summed E-state index contributed by atoms with van der Waals surface area (Å²) in [6, 6.07) is 0. The molecule has 1 saturated heterocycles. The van der Waals surface area contributed by atoms with Gasteiger partial charge in [0.25, 0.3) is 0 Å². The van der Waals surface area contributed by atoms with Crippen LogP contribution in [-0.2, 0) is 15.0 Å². The van der Waals surface area contributed by atoms with Crippen LogP contribution >= 0.6 is 23.3 Å². The number of thioether (sulfide) groups is 1. The largest absolute Gasteiger partial charge is 0.302 e. The Bertz CT molecular complexity index is 559. The fourth-order valence-corrected chi connectivity index (χ4v) is 3.79. The van der Waals surface area contributed by atoms with E-state index in [2.05, 4.69) is 9.36 Å². The van der Waals surface area contributed by atoms with E-state index in [1.165, 1.54) is 16.7 Å². The lowest BCUT2D eigenvalue weighted by Gasteiger charge is -2.11. The molecule has 10 heteroatoms. The average molecular weight is 311 g/mol. The number of anilines is 1. The molecule has 2 rings (SSSR count). The molecule has 1 unspecified atom stereocenters. The van der Waals surface area contributed by atoms with Crippen LogP contribution in [0.2, 0.25) is 0 Å². The highest BCUT2D eigenvalue weighted by Gasteiger charge is 2.35. The van der Waals surface area contributed by atoms with Crippen LogP contribution in [0.3, 0.4) is 0 Å². The van der Waals surface area contributed by atoms with Crippen LogP contribution in [0.4, 0.5) is 9.02 Å². The summed E-state index contributed by atoms with van der Waals surface area (Å²) in [6.45, 7) is 0.172. The molecule has 1 fully saturated rings. The summed E-state index contributed by atoms with van der Waals surface area (Å²) in [4.78, 5) is 17.2. The van der Waals surface area contributed by atoms with E-state index in [1.54, 1.807) is 0 Å². The van der Waals surface area contributed by atoms with Gasteiger partial charge in [0.15, 0.2) is 0 Å². The normalized spacial score (nSPS) is 20.7. The number of carbonyl (C=O) groups excluding carboxylic acids is 1. The minimum Gasteiger partial charge on any atom is -0.287 e. The van der Waals surface area contributed by atoms with E-state index in [4.69, 9.17) is 0 Å². The highest BCUT2D eigenvalue weighted by molar-refractivity contribution is 7.98. The van der Waals surface area contributed by atoms with E-state index in [9.17, 15) is 17.1 Å². The Balaban J connectivity index is 2.09. The number of halogens is 1. The van der Waals surface area contributed by atoms with Gasteiger partial charge in [-0.05, 0) is 6.26 Å². The van der Waals surface area contributed by atoms with Crippen LogP contribution < -0.4 is 4.90 Å². The van der Waals surface area contributed by atoms with Crippen molar-refractivity contribution in [2.45, 2.75) is 11.6 Å². The van der Waals surface area contributed by atoms with Gasteiger partial charge in [-0.3, -0.25) is 9.69 Å². The molecule has 0 N–H and O–H groups in total. The molecule has 1 atom stereocenters. The highest BCUT2D eigenvalue weighted by atomic mass is 32.3. The van der Waals surface area contributed by atoms with E-state index in [0.29, 0.717) is 10.3 Å². The van der Waals surface area contributed by atoms with Crippen LogP contribution in [-0.4, -0.2) is 42.2 Å². The van der Waals surface area contributed by atoms with Gasteiger partial charge in [0.1, 0.15) is 0 Å². The minimum atomic E-state index is -4.55. The third-order valence-corrected chi connectivity index (χ3v) is 4.72. The summed E-state index contributed by atoms with van der Waals surface area (Å²) in [5.74, 6) is -1.38. The van der Waals surface area contributed by atoms with Crippen molar-refractivity contribution in [1.82, 2.24) is 9.36 Å². The lowest BCUT2D eigenvalue weighted by molar-refractivity contribution is -0.117. The molecule has 100 valence electrons. The zero-order valence-corrected chi connectivity index (χ0v) is 11.8. The van der Waals surface area contributed by atoms with Crippen LogP contribution in [0.15, 0.2) is 5.16 Å². The van der Waals surface area contributed by atoms with E-state index in [-0.39, 0.29) is 18.9 Å². The van der Waals surface area contributed by atoms with Crippen LogP contribution in [0, 0.1) is 5.92 Å². The van der Waals surface area contributed by atoms with Gasteiger partial charge in [0.2, 0.25) is 16.2 Å². The monoisotopic (exact) mass is 311 g/mol. The van der Waals surface area contributed by atoms with Gasteiger partial charge in [-0.1, -0.05) is 11.8 Å². The van der Waals surface area contributed by atoms with Crippen molar-refractivity contribution in [3.63, 3.8) is 0 Å². The third-order valence-electron chi connectivity index (χ3n) is 2.45. The Morgan fingerprint density at radius 3 is 2.89 bits per heavy atom. The second-order valence-corrected chi connectivity index (χ2v) is 6.76. The van der Waals surface area contributed by atoms with Crippen molar-refractivity contribution < 1.29 is 17.1 Å². The summed E-state index contributed by atoms with van der Waals surface area (Å²) in [5, 5.41) is 0.993. The van der Waals surface area contributed by atoms with E-state index >= 15 is 0 Å². The molecule has 0 saturated carbocycles. The second kappa shape index (κ2) is 5.10. The molecule has 1 aromatic heterocycles. The van der Waals surface area contributed by atoms with Crippen LogP contribution in [0.1, 0.15) is 6.42 Å². The molecule has 1 aliphatic rings. The molecule has 1 aromatic rings. The number of carbonyl (C=O) groups is 1. The van der Waals surface area contributed by atoms with E-state index in [1.807, 2.05) is 6.26 Å². The van der Waals surface area contributed by atoms with Gasteiger partial charge in [-0.15, -0.1) is 3.89 Å². The van der Waals surface area contributed by atoms with Crippen molar-refractivity contribution in [1.29, 1.82) is 0 Å². The lowest BCUT2D eigenvalue weighted by atomic mass is 10.1. The quantitative estimate of drug-likeness (QED) is 0.607. The van der Waals surface area contributed by atoms with Crippen molar-refractivity contribution in [3.05, 3.63) is 0 Å². The second-order valence-electron chi connectivity index (χ2n) is 3.84. The smallest absolute Gasteiger partial charge is 0.287 e. The SMILES string of the molecule is CSc1nsc(N2CC(CS(=O)(=O)F)CC2=O)n1. The maximum atomic E-state index is 12.6. The number of hydrogen-bond acceptors (Lipinski definition) is 7. The zero-order valence-electron chi connectivity index (χ0n) is 9.37. The average Bonchev–Trinajstić information content (AvgIpc) is 2.82. The first-order chi connectivity index (χ1) is 8.39. The molecule has 0 aromatic carbocycles. The molecule has 0 radical (unpaired) electrons. The predicted molar refractivity (Wildman–Crippen MR) is 67.0 cm³/mol. The third kappa shape index (κ3) is 3.18. The number of hydrogen-bond donors (Lipinski definition) is 0. The highest BCUT2D eigenvalue weighted by Crippen LogP contribution is 2.29. The number of amides is 1. The molecular weight excluding hydrogens is 301 g/mol. The van der Waals surface area contributed by atoms with Gasteiger partial charge in [0.05, 0.1) is 5.75 Å². The Labute approximate surface area is 112 Å². The topological polar surface area (TPSA) is 80.2 Å². The first kappa shape index (κ1) is 13.7. The van der Waals surface area contributed by atoms with Crippen molar-refractivity contribution in [2.24, 2.45) is 5.92 Å². The molecule has 6 nitrogen and oxygen atoms in total. The zero-order chi connectivity index (χ0) is 13.3. The molecule has 0 aliphatic carbocycles. The van der Waals surface area contributed by atoms with Crippen LogP contribution in [0.5, 0.6) is 0 Å². The first-order valence-corrected chi connectivity index (χ1v) is 8.54. The molecule has 0 spiro atoms. The molecule has 1 aliphatic heterocycles. The predicted octanol–water partition coefficient (Wildman–Crippen LogP) is 0.912. The van der Waals surface area contributed by atoms with Gasteiger partial charge < -0.3 is 0 Å². The summed E-state index contributed by atoms with van der Waals surface area (Å²) in [5.41, 5.74) is 0. The fraction of sp³-hybridized carbons (Fsp3) is 0.625. The van der Waals surface area contributed by atoms with Gasteiger partial charge in [-0.25, -0.2) is 0 Å². The van der Waals surface area contributed by atoms with Crippen molar-refractivity contribution in [3.8, 4) is 0 Å². The Hall–Kier alpha value is -0.740. The molecular formula is C8H10FN3O3S3. The number of aromatic nitrogens is 2.